The standard InChI is InChI=1S/C34H30F4N10O4/c1-17-43-25-9-19(36)8-22-24-6-7-39-34(44-24)51-20-11-27(32(49)45(2)13-21(50-3)15-46(17)29(22)25)47(14-20)30-23-12-42-48(31(23)41-16-40-30)26-5-4-18(35)10-28(26)52-33(37)38/h4-10,12,16,20-21,27,33H,11,13-15H2,1-3H3/t20-,21-,27-/m0/s1. The molecule has 3 atom stereocenters. The van der Waals surface area contributed by atoms with Crippen LogP contribution in [0.5, 0.6) is 11.8 Å². The fourth-order valence-electron chi connectivity index (χ4n) is 6.97. The van der Waals surface area contributed by atoms with Gasteiger partial charge in [-0.05, 0) is 31.2 Å². The van der Waals surface area contributed by atoms with Gasteiger partial charge in [0.05, 0.1) is 47.5 Å². The van der Waals surface area contributed by atoms with Crippen LogP contribution in [0.3, 0.4) is 0 Å². The number of aromatic nitrogens is 8. The molecule has 6 heterocycles. The zero-order chi connectivity index (χ0) is 36.3. The first-order chi connectivity index (χ1) is 25.1. The summed E-state index contributed by atoms with van der Waals surface area (Å²) in [6.07, 6.45) is 3.34. The third-order valence-corrected chi connectivity index (χ3v) is 9.28. The van der Waals surface area contributed by atoms with Crippen molar-refractivity contribution in [1.29, 1.82) is 0 Å². The van der Waals surface area contributed by atoms with Crippen molar-refractivity contribution in [1.82, 2.24) is 44.2 Å². The number of aryl methyl sites for hydroxylation is 1. The Labute approximate surface area is 292 Å². The first-order valence-electron chi connectivity index (χ1n) is 16.2. The number of carbonyl (C=O) groups is 1. The molecule has 6 aromatic rings. The molecular weight excluding hydrogens is 688 g/mol. The molecule has 268 valence electrons. The van der Waals surface area contributed by atoms with Gasteiger partial charge in [0.1, 0.15) is 47.4 Å². The topological polar surface area (TPSA) is 138 Å². The Bertz CT molecular complexity index is 2340. The number of ether oxygens (including phenoxy) is 3. The van der Waals surface area contributed by atoms with E-state index in [0.29, 0.717) is 45.9 Å². The van der Waals surface area contributed by atoms with E-state index in [1.54, 1.807) is 30.0 Å². The molecule has 18 heteroatoms. The minimum atomic E-state index is -3.21. The van der Waals surface area contributed by atoms with Crippen molar-refractivity contribution >= 4 is 33.8 Å². The van der Waals surface area contributed by atoms with Crippen LogP contribution in [0.25, 0.3) is 39.0 Å². The van der Waals surface area contributed by atoms with E-state index in [0.717, 1.165) is 12.1 Å². The number of nitrogens with zero attached hydrogens (tertiary/aromatic N) is 10. The van der Waals surface area contributed by atoms with Gasteiger partial charge >= 0.3 is 12.6 Å². The summed E-state index contributed by atoms with van der Waals surface area (Å²) >= 11 is 0. The number of methoxy groups -OCH3 is 1. The van der Waals surface area contributed by atoms with Crippen LogP contribution in [0, 0.1) is 18.6 Å². The van der Waals surface area contributed by atoms with Crippen molar-refractivity contribution in [3.8, 4) is 28.7 Å². The van der Waals surface area contributed by atoms with Crippen molar-refractivity contribution < 1.29 is 36.6 Å². The molecule has 8 rings (SSSR count). The van der Waals surface area contributed by atoms with E-state index in [1.165, 1.54) is 41.6 Å². The zero-order valence-electron chi connectivity index (χ0n) is 28.0. The number of likely N-dealkylation sites (N-methyl/N-ethyl adjacent to an activating group) is 1. The molecular formula is C34H30F4N10O4. The Kier molecular flexibility index (Phi) is 8.32. The number of amides is 1. The van der Waals surface area contributed by atoms with Gasteiger partial charge in [0.15, 0.2) is 11.4 Å². The van der Waals surface area contributed by atoms with Gasteiger partial charge in [-0.1, -0.05) is 0 Å². The van der Waals surface area contributed by atoms with Gasteiger partial charge in [0.25, 0.3) is 0 Å². The third kappa shape index (κ3) is 5.87. The summed E-state index contributed by atoms with van der Waals surface area (Å²) in [5, 5.41) is 4.75. The minimum Gasteiger partial charge on any atom is -0.458 e. The maximum absolute atomic E-state index is 14.9. The molecule has 4 bridgehead atoms. The maximum Gasteiger partial charge on any atom is 0.387 e. The van der Waals surface area contributed by atoms with Crippen LogP contribution < -0.4 is 14.4 Å². The molecule has 14 nitrogen and oxygen atoms in total. The smallest absolute Gasteiger partial charge is 0.387 e. The van der Waals surface area contributed by atoms with Crippen LogP contribution in [-0.2, 0) is 16.1 Å². The van der Waals surface area contributed by atoms with Gasteiger partial charge in [-0.2, -0.15) is 18.9 Å². The van der Waals surface area contributed by atoms with Crippen molar-refractivity contribution in [2.24, 2.45) is 0 Å². The van der Waals surface area contributed by atoms with Gasteiger partial charge in [-0.3, -0.25) is 4.79 Å². The number of hydrogen-bond donors (Lipinski definition) is 0. The number of rotatable bonds is 5. The van der Waals surface area contributed by atoms with Crippen molar-refractivity contribution in [2.75, 3.05) is 32.1 Å². The Morgan fingerprint density at radius 2 is 1.85 bits per heavy atom. The summed E-state index contributed by atoms with van der Waals surface area (Å²) < 4.78 is 75.4. The zero-order valence-corrected chi connectivity index (χ0v) is 28.0. The molecule has 0 unspecified atom stereocenters. The van der Waals surface area contributed by atoms with Crippen LogP contribution >= 0.6 is 0 Å². The monoisotopic (exact) mass is 718 g/mol. The summed E-state index contributed by atoms with van der Waals surface area (Å²) in [7, 11) is 3.24. The Morgan fingerprint density at radius 3 is 2.65 bits per heavy atom. The molecule has 1 amide bonds. The molecule has 0 radical (unpaired) electrons. The number of alkyl halides is 2. The molecule has 0 spiro atoms. The maximum atomic E-state index is 14.9. The highest BCUT2D eigenvalue weighted by molar-refractivity contribution is 5.93. The molecule has 0 N–H and O–H groups in total. The van der Waals surface area contributed by atoms with Crippen LogP contribution in [-0.4, -0.2) is 102 Å². The second-order valence-electron chi connectivity index (χ2n) is 12.5. The lowest BCUT2D eigenvalue weighted by molar-refractivity contribution is -0.133. The molecule has 1 fully saturated rings. The van der Waals surface area contributed by atoms with E-state index >= 15 is 0 Å². The first-order valence-corrected chi connectivity index (χ1v) is 16.2. The molecule has 0 saturated carbocycles. The highest BCUT2D eigenvalue weighted by atomic mass is 19.3. The number of imidazole rings is 1. The summed E-state index contributed by atoms with van der Waals surface area (Å²) in [6.45, 7) is -0.739. The average molecular weight is 719 g/mol. The van der Waals surface area contributed by atoms with Gasteiger partial charge in [-0.25, -0.2) is 33.4 Å². The predicted molar refractivity (Wildman–Crippen MR) is 177 cm³/mol. The lowest BCUT2D eigenvalue weighted by Gasteiger charge is -2.30. The summed E-state index contributed by atoms with van der Waals surface area (Å²) in [5.41, 5.74) is 2.23. The number of carbonyl (C=O) groups excluding carboxylic acids is 1. The Hall–Kier alpha value is -5.91. The van der Waals surface area contributed by atoms with E-state index in [4.69, 9.17) is 9.47 Å². The van der Waals surface area contributed by atoms with Crippen LogP contribution in [0.1, 0.15) is 12.2 Å². The van der Waals surface area contributed by atoms with Crippen LogP contribution in [0.2, 0.25) is 0 Å². The molecule has 0 aliphatic carbocycles. The van der Waals surface area contributed by atoms with E-state index in [1.807, 2.05) is 11.5 Å². The van der Waals surface area contributed by atoms with Crippen molar-refractivity contribution in [3.63, 3.8) is 0 Å². The fraction of sp³-hybridized carbons (Fsp3) is 0.324. The van der Waals surface area contributed by atoms with Crippen molar-refractivity contribution in [2.45, 2.75) is 44.8 Å². The van der Waals surface area contributed by atoms with Crippen molar-refractivity contribution in [3.05, 3.63) is 72.6 Å². The summed E-state index contributed by atoms with van der Waals surface area (Å²) in [4.78, 5) is 40.1. The van der Waals surface area contributed by atoms with Crippen LogP contribution in [0.4, 0.5) is 23.4 Å². The quantitative estimate of drug-likeness (QED) is 0.236. The van der Waals surface area contributed by atoms with E-state index < -0.39 is 42.2 Å². The number of anilines is 1. The van der Waals surface area contributed by atoms with Gasteiger partial charge in [0, 0.05) is 51.0 Å². The highest BCUT2D eigenvalue weighted by Crippen LogP contribution is 2.36. The second-order valence-corrected chi connectivity index (χ2v) is 12.5. The number of benzene rings is 2. The SMILES string of the molecule is CO[C@H]1CN(C)C(=O)[C@@H]2C[C@@H](CN2c2ncnc3c2cnn3-c2ccc(F)cc2OC(F)F)Oc2nccc(n2)-c2cc(F)cc3nc(C)n(c23)C1. The summed E-state index contributed by atoms with van der Waals surface area (Å²) in [6, 6.07) is 6.82. The second kappa shape index (κ2) is 13.0. The third-order valence-electron chi connectivity index (χ3n) is 9.28. The molecule has 2 aromatic carbocycles. The lowest BCUT2D eigenvalue weighted by Crippen LogP contribution is -2.47. The molecule has 4 aromatic heterocycles. The number of fused-ring (bicyclic) bond motifs is 6. The fourth-order valence-corrected chi connectivity index (χ4v) is 6.97. The number of hydrogen-bond acceptors (Lipinski definition) is 11. The van der Waals surface area contributed by atoms with Gasteiger partial charge in [-0.15, -0.1) is 0 Å². The molecule has 2 aliphatic rings. The Morgan fingerprint density at radius 1 is 1.00 bits per heavy atom. The largest absolute Gasteiger partial charge is 0.458 e. The summed E-state index contributed by atoms with van der Waals surface area (Å²) in [5.74, 6) is -0.999. The average Bonchev–Trinajstić information content (AvgIpc) is 3.82. The Balaban J connectivity index is 1.21. The van der Waals surface area contributed by atoms with Crippen LogP contribution in [0.15, 0.2) is 55.1 Å². The predicted octanol–water partition coefficient (Wildman–Crippen LogP) is 4.32. The van der Waals surface area contributed by atoms with E-state index in [-0.39, 0.29) is 42.8 Å². The van der Waals surface area contributed by atoms with Gasteiger partial charge < -0.3 is 28.6 Å². The van der Waals surface area contributed by atoms with E-state index in [9.17, 15) is 22.4 Å². The van der Waals surface area contributed by atoms with Gasteiger partial charge in [0.2, 0.25) is 5.91 Å². The molecule has 1 saturated heterocycles. The molecule has 52 heavy (non-hydrogen) atoms. The lowest BCUT2D eigenvalue weighted by atomic mass is 10.1. The molecule has 2 aliphatic heterocycles. The number of halogens is 4. The highest BCUT2D eigenvalue weighted by Gasteiger charge is 2.42. The normalized spacial score (nSPS) is 19.3. The minimum absolute atomic E-state index is 0.0206. The van der Waals surface area contributed by atoms with E-state index in [2.05, 4.69) is 34.8 Å². The first kappa shape index (κ1) is 33.2.